The van der Waals surface area contributed by atoms with E-state index < -0.39 is 6.10 Å². The molecule has 1 unspecified atom stereocenters. The quantitative estimate of drug-likeness (QED) is 0.331. The number of fused-ring (bicyclic) bond motifs is 2. The van der Waals surface area contributed by atoms with Gasteiger partial charge >= 0.3 is 0 Å². The molecular formula is C30H31ClFNO. The number of hydrogen-bond donors (Lipinski definition) is 1. The van der Waals surface area contributed by atoms with Crippen LogP contribution >= 0.6 is 12.4 Å². The third kappa shape index (κ3) is 5.33. The maximum Gasteiger partial charge on any atom is 0.123 e. The van der Waals surface area contributed by atoms with E-state index in [4.69, 9.17) is 0 Å². The summed E-state index contributed by atoms with van der Waals surface area (Å²) in [5, 5.41) is 10.4. The summed E-state index contributed by atoms with van der Waals surface area (Å²) in [5.41, 5.74) is 9.00. The molecule has 0 bridgehead atoms. The molecule has 3 aromatic rings. The largest absolute Gasteiger partial charge is 0.388 e. The number of rotatable bonds is 5. The van der Waals surface area contributed by atoms with Crippen LogP contribution < -0.4 is 0 Å². The third-order valence-corrected chi connectivity index (χ3v) is 6.92. The fraction of sp³-hybridized carbons (Fsp3) is 0.267. The SMILES string of the molecule is Cl.OC(CCCN1CCC(=C2c3ccccc3C=Cc3ccccc32)CC1)c1ccc(F)cc1. The molecule has 1 fully saturated rings. The first kappa shape index (κ1) is 24.4. The van der Waals surface area contributed by atoms with E-state index in [1.165, 1.54) is 40.0 Å². The van der Waals surface area contributed by atoms with E-state index in [-0.39, 0.29) is 18.2 Å². The van der Waals surface area contributed by atoms with Gasteiger partial charge in [0.2, 0.25) is 0 Å². The molecule has 0 aromatic heterocycles. The predicted octanol–water partition coefficient (Wildman–Crippen LogP) is 7.14. The minimum absolute atomic E-state index is 0. The van der Waals surface area contributed by atoms with Crippen molar-refractivity contribution in [3.8, 4) is 0 Å². The maximum absolute atomic E-state index is 13.1. The monoisotopic (exact) mass is 475 g/mol. The Morgan fingerprint density at radius 3 is 1.94 bits per heavy atom. The van der Waals surface area contributed by atoms with Gasteiger partial charge in [-0.3, -0.25) is 0 Å². The van der Waals surface area contributed by atoms with Gasteiger partial charge in [-0.2, -0.15) is 0 Å². The number of likely N-dealkylation sites (tertiary alicyclic amines) is 1. The molecule has 1 saturated heterocycles. The number of benzene rings is 3. The van der Waals surface area contributed by atoms with Gasteiger partial charge in [-0.1, -0.05) is 78.4 Å². The average molecular weight is 476 g/mol. The predicted molar refractivity (Wildman–Crippen MR) is 141 cm³/mol. The fourth-order valence-corrected chi connectivity index (χ4v) is 5.10. The summed E-state index contributed by atoms with van der Waals surface area (Å²) in [6, 6.07) is 23.6. The number of aliphatic hydroxyl groups is 1. The van der Waals surface area contributed by atoms with Crippen molar-refractivity contribution in [3.05, 3.63) is 112 Å². The molecule has 1 N–H and O–H groups in total. The lowest BCUT2D eigenvalue weighted by molar-refractivity contribution is 0.153. The minimum Gasteiger partial charge on any atom is -0.388 e. The molecule has 4 heteroatoms. The third-order valence-electron chi connectivity index (χ3n) is 6.92. The number of piperidine rings is 1. The molecule has 0 spiro atoms. The number of hydrogen-bond acceptors (Lipinski definition) is 2. The Morgan fingerprint density at radius 2 is 1.35 bits per heavy atom. The van der Waals surface area contributed by atoms with Gasteiger partial charge in [-0.25, -0.2) is 4.39 Å². The number of nitrogens with zero attached hydrogens (tertiary/aromatic N) is 1. The van der Waals surface area contributed by atoms with Crippen LogP contribution in [0.25, 0.3) is 17.7 Å². The second-order valence-corrected chi connectivity index (χ2v) is 9.04. The first-order valence-corrected chi connectivity index (χ1v) is 11.9. The van der Waals surface area contributed by atoms with Crippen LogP contribution in [0.15, 0.2) is 78.4 Å². The van der Waals surface area contributed by atoms with Gasteiger partial charge in [-0.05, 0) is 77.8 Å². The van der Waals surface area contributed by atoms with Crippen molar-refractivity contribution in [1.29, 1.82) is 0 Å². The molecule has 0 radical (unpaired) electrons. The molecule has 34 heavy (non-hydrogen) atoms. The molecule has 1 heterocycles. The molecular weight excluding hydrogens is 445 g/mol. The van der Waals surface area contributed by atoms with Crippen molar-refractivity contribution in [1.82, 2.24) is 4.90 Å². The first-order valence-electron chi connectivity index (χ1n) is 11.9. The van der Waals surface area contributed by atoms with Crippen LogP contribution in [0.4, 0.5) is 4.39 Å². The molecule has 2 aliphatic rings. The lowest BCUT2D eigenvalue weighted by Crippen LogP contribution is -2.32. The molecule has 5 rings (SSSR count). The summed E-state index contributed by atoms with van der Waals surface area (Å²) in [6.07, 6.45) is 7.71. The van der Waals surface area contributed by atoms with Crippen LogP contribution in [-0.2, 0) is 0 Å². The van der Waals surface area contributed by atoms with E-state index in [1.54, 1.807) is 17.7 Å². The Hall–Kier alpha value is -2.72. The summed E-state index contributed by atoms with van der Waals surface area (Å²) in [5.74, 6) is -0.265. The van der Waals surface area contributed by atoms with Crippen LogP contribution in [0.1, 0.15) is 59.6 Å². The summed E-state index contributed by atoms with van der Waals surface area (Å²) in [6.45, 7) is 3.07. The van der Waals surface area contributed by atoms with E-state index >= 15 is 0 Å². The normalized spacial score (nSPS) is 16.3. The molecule has 1 atom stereocenters. The zero-order valence-electron chi connectivity index (χ0n) is 19.3. The lowest BCUT2D eigenvalue weighted by atomic mass is 9.86. The highest BCUT2D eigenvalue weighted by molar-refractivity contribution is 5.94. The van der Waals surface area contributed by atoms with Crippen molar-refractivity contribution in [2.24, 2.45) is 0 Å². The van der Waals surface area contributed by atoms with E-state index in [1.807, 2.05) is 0 Å². The van der Waals surface area contributed by atoms with Crippen molar-refractivity contribution in [2.75, 3.05) is 19.6 Å². The number of aliphatic hydroxyl groups excluding tert-OH is 1. The van der Waals surface area contributed by atoms with Crippen LogP contribution in [0.5, 0.6) is 0 Å². The Morgan fingerprint density at radius 1 is 0.794 bits per heavy atom. The van der Waals surface area contributed by atoms with Crippen molar-refractivity contribution < 1.29 is 9.50 Å². The Balaban J connectivity index is 0.00000274. The molecule has 2 nitrogen and oxygen atoms in total. The van der Waals surface area contributed by atoms with Crippen molar-refractivity contribution >= 4 is 30.1 Å². The lowest BCUT2D eigenvalue weighted by Gasteiger charge is -2.30. The summed E-state index contributed by atoms with van der Waals surface area (Å²) in [4.78, 5) is 2.51. The topological polar surface area (TPSA) is 23.5 Å². The van der Waals surface area contributed by atoms with Crippen LogP contribution in [0.3, 0.4) is 0 Å². The highest BCUT2D eigenvalue weighted by Crippen LogP contribution is 2.38. The highest BCUT2D eigenvalue weighted by Gasteiger charge is 2.22. The van der Waals surface area contributed by atoms with E-state index in [0.717, 1.165) is 44.5 Å². The zero-order chi connectivity index (χ0) is 22.6. The second kappa shape index (κ2) is 11.1. The van der Waals surface area contributed by atoms with Gasteiger partial charge in [0.05, 0.1) is 6.10 Å². The second-order valence-electron chi connectivity index (χ2n) is 9.04. The van der Waals surface area contributed by atoms with Crippen LogP contribution in [-0.4, -0.2) is 29.6 Å². The van der Waals surface area contributed by atoms with Gasteiger partial charge < -0.3 is 10.0 Å². The highest BCUT2D eigenvalue weighted by atomic mass is 35.5. The summed E-state index contributed by atoms with van der Waals surface area (Å²) in [7, 11) is 0. The van der Waals surface area contributed by atoms with E-state index in [0.29, 0.717) is 6.42 Å². The van der Waals surface area contributed by atoms with E-state index in [9.17, 15) is 9.50 Å². The van der Waals surface area contributed by atoms with Gasteiger partial charge in [0.1, 0.15) is 5.82 Å². The van der Waals surface area contributed by atoms with Crippen molar-refractivity contribution in [2.45, 2.75) is 31.8 Å². The fourth-order valence-electron chi connectivity index (χ4n) is 5.10. The van der Waals surface area contributed by atoms with Crippen LogP contribution in [0, 0.1) is 5.82 Å². The molecule has 1 aliphatic heterocycles. The molecule has 1 aliphatic carbocycles. The number of halogens is 2. The molecule has 0 saturated carbocycles. The van der Waals surface area contributed by atoms with Crippen molar-refractivity contribution in [3.63, 3.8) is 0 Å². The van der Waals surface area contributed by atoms with Gasteiger partial charge in [0.15, 0.2) is 0 Å². The Bertz CT molecular complexity index is 1120. The van der Waals surface area contributed by atoms with Gasteiger partial charge in [0.25, 0.3) is 0 Å². The summed E-state index contributed by atoms with van der Waals surface area (Å²) < 4.78 is 13.1. The minimum atomic E-state index is -0.528. The average Bonchev–Trinajstić information content (AvgIpc) is 3.02. The molecule has 0 amide bonds. The van der Waals surface area contributed by atoms with Gasteiger partial charge in [0, 0.05) is 13.1 Å². The molecule has 3 aromatic carbocycles. The summed E-state index contributed by atoms with van der Waals surface area (Å²) >= 11 is 0. The Labute approximate surface area is 207 Å². The van der Waals surface area contributed by atoms with E-state index in [2.05, 4.69) is 65.6 Å². The Kier molecular flexibility index (Phi) is 7.99. The zero-order valence-corrected chi connectivity index (χ0v) is 20.1. The molecule has 176 valence electrons. The first-order chi connectivity index (χ1) is 16.2. The maximum atomic E-state index is 13.1. The smallest absolute Gasteiger partial charge is 0.123 e. The van der Waals surface area contributed by atoms with Gasteiger partial charge in [-0.15, -0.1) is 12.4 Å². The standard InChI is InChI=1S/C30H30FNO.ClH/c31-26-15-13-24(14-16-26)29(33)10-5-19-32-20-17-25(18-21-32)30-27-8-3-1-6-22(27)11-12-23-7-2-4-9-28(23)30;/h1-4,6-9,11-16,29,33H,5,10,17-21H2;1H. The van der Waals surface area contributed by atoms with Crippen LogP contribution in [0.2, 0.25) is 0 Å².